The minimum Gasteiger partial charge on any atom is -0.334 e. The zero-order valence-corrected chi connectivity index (χ0v) is 15.7. The third-order valence-electron chi connectivity index (χ3n) is 4.68. The van der Waals surface area contributed by atoms with E-state index in [0.29, 0.717) is 25.1 Å². The Balaban J connectivity index is 1.73. The predicted molar refractivity (Wildman–Crippen MR) is 104 cm³/mol. The van der Waals surface area contributed by atoms with Crippen LogP contribution in [0.15, 0.2) is 67.0 Å². The molecule has 1 aromatic heterocycles. The molecule has 3 aromatic rings. The number of benzene rings is 2. The summed E-state index contributed by atoms with van der Waals surface area (Å²) in [6.45, 7) is 2.94. The molecule has 0 aliphatic heterocycles. The zero-order valence-electron chi connectivity index (χ0n) is 15.7. The second-order valence-electron chi connectivity index (χ2n) is 6.79. The Bertz CT molecular complexity index is 944. The van der Waals surface area contributed by atoms with Crippen molar-refractivity contribution in [3.05, 3.63) is 101 Å². The minimum absolute atomic E-state index is 0.0446. The molecule has 2 aromatic carbocycles. The maximum absolute atomic E-state index is 13.4. The van der Waals surface area contributed by atoms with Crippen LogP contribution >= 0.6 is 0 Å². The summed E-state index contributed by atoms with van der Waals surface area (Å²) in [6.07, 6.45) is 4.01. The highest BCUT2D eigenvalue weighted by Gasteiger charge is 2.16. The fourth-order valence-electron chi connectivity index (χ4n) is 3.04. The first kappa shape index (κ1) is 19.7. The Morgan fingerprint density at radius 2 is 1.79 bits per heavy atom. The number of carbonyl (C=O) groups is 1. The van der Waals surface area contributed by atoms with Crippen molar-refractivity contribution in [2.24, 2.45) is 0 Å². The highest BCUT2D eigenvalue weighted by atomic mass is 19.2. The standard InChI is InChI=1S/C23H22F2N2O/c1-17-5-2-3-7-20(17)16-27(15-19-6-4-12-26-14-19)23(28)11-9-18-8-10-21(24)22(25)13-18/h2-8,10,12-14H,9,11,15-16H2,1H3. The highest BCUT2D eigenvalue weighted by Crippen LogP contribution is 2.16. The van der Waals surface area contributed by atoms with Gasteiger partial charge >= 0.3 is 0 Å². The molecule has 0 fully saturated rings. The Labute approximate surface area is 163 Å². The number of amides is 1. The molecule has 0 radical (unpaired) electrons. The number of aryl methyl sites for hydroxylation is 2. The van der Waals surface area contributed by atoms with Gasteiger partial charge in [0.1, 0.15) is 0 Å². The maximum Gasteiger partial charge on any atom is 0.223 e. The molecule has 3 nitrogen and oxygen atoms in total. The van der Waals surface area contributed by atoms with Crippen molar-refractivity contribution >= 4 is 5.91 Å². The maximum atomic E-state index is 13.4. The lowest BCUT2D eigenvalue weighted by atomic mass is 10.1. The number of pyridine rings is 1. The third kappa shape index (κ3) is 5.22. The first-order valence-corrected chi connectivity index (χ1v) is 9.18. The van der Waals surface area contributed by atoms with E-state index in [2.05, 4.69) is 4.98 Å². The Morgan fingerprint density at radius 3 is 2.50 bits per heavy atom. The van der Waals surface area contributed by atoms with Crippen molar-refractivity contribution < 1.29 is 13.6 Å². The first-order valence-electron chi connectivity index (χ1n) is 9.18. The lowest BCUT2D eigenvalue weighted by Gasteiger charge is -2.24. The van der Waals surface area contributed by atoms with Gasteiger partial charge in [0.05, 0.1) is 0 Å². The van der Waals surface area contributed by atoms with Crippen LogP contribution in [-0.2, 0) is 24.3 Å². The summed E-state index contributed by atoms with van der Waals surface area (Å²) in [5, 5.41) is 0. The monoisotopic (exact) mass is 380 g/mol. The van der Waals surface area contributed by atoms with E-state index in [9.17, 15) is 13.6 Å². The van der Waals surface area contributed by atoms with Crippen LogP contribution < -0.4 is 0 Å². The van der Waals surface area contributed by atoms with Crippen LogP contribution in [-0.4, -0.2) is 15.8 Å². The summed E-state index contributed by atoms with van der Waals surface area (Å²) in [7, 11) is 0. The second kappa shape index (κ2) is 9.22. The predicted octanol–water partition coefficient (Wildman–Crippen LogP) is 4.83. The molecule has 0 atom stereocenters. The van der Waals surface area contributed by atoms with E-state index in [0.717, 1.165) is 28.8 Å². The molecule has 0 aliphatic rings. The van der Waals surface area contributed by atoms with E-state index >= 15 is 0 Å². The second-order valence-corrected chi connectivity index (χ2v) is 6.79. The fourth-order valence-corrected chi connectivity index (χ4v) is 3.04. The summed E-state index contributed by atoms with van der Waals surface area (Å²) >= 11 is 0. The van der Waals surface area contributed by atoms with Crippen LogP contribution in [0.5, 0.6) is 0 Å². The summed E-state index contributed by atoms with van der Waals surface area (Å²) in [6, 6.07) is 15.5. The van der Waals surface area contributed by atoms with Gasteiger partial charge in [0.25, 0.3) is 0 Å². The molecule has 144 valence electrons. The van der Waals surface area contributed by atoms with E-state index in [1.807, 2.05) is 43.3 Å². The van der Waals surface area contributed by atoms with Gasteiger partial charge in [0.2, 0.25) is 5.91 Å². The Morgan fingerprint density at radius 1 is 0.964 bits per heavy atom. The van der Waals surface area contributed by atoms with Crippen molar-refractivity contribution in [2.75, 3.05) is 0 Å². The van der Waals surface area contributed by atoms with Crippen molar-refractivity contribution in [3.8, 4) is 0 Å². The Hall–Kier alpha value is -3.08. The number of aromatic nitrogens is 1. The molecular formula is C23H22F2N2O. The van der Waals surface area contributed by atoms with Gasteiger partial charge in [0, 0.05) is 31.9 Å². The molecule has 0 spiro atoms. The van der Waals surface area contributed by atoms with Crippen LogP contribution in [0.2, 0.25) is 0 Å². The molecule has 0 unspecified atom stereocenters. The summed E-state index contributed by atoms with van der Waals surface area (Å²) in [5.74, 6) is -1.82. The van der Waals surface area contributed by atoms with Gasteiger partial charge in [-0.1, -0.05) is 36.4 Å². The van der Waals surface area contributed by atoms with E-state index in [1.54, 1.807) is 17.3 Å². The molecule has 0 N–H and O–H groups in total. The van der Waals surface area contributed by atoms with Crippen molar-refractivity contribution in [2.45, 2.75) is 32.9 Å². The van der Waals surface area contributed by atoms with Crippen molar-refractivity contribution in [3.63, 3.8) is 0 Å². The van der Waals surface area contributed by atoms with Gasteiger partial charge < -0.3 is 4.90 Å². The van der Waals surface area contributed by atoms with E-state index in [-0.39, 0.29) is 12.3 Å². The largest absolute Gasteiger partial charge is 0.334 e. The summed E-state index contributed by atoms with van der Waals surface area (Å²) in [4.78, 5) is 18.8. The van der Waals surface area contributed by atoms with Crippen LogP contribution in [0.25, 0.3) is 0 Å². The fraction of sp³-hybridized carbons (Fsp3) is 0.217. The van der Waals surface area contributed by atoms with Crippen LogP contribution in [0.1, 0.15) is 28.7 Å². The molecule has 28 heavy (non-hydrogen) atoms. The van der Waals surface area contributed by atoms with E-state index in [1.165, 1.54) is 6.07 Å². The number of halogens is 2. The number of hydrogen-bond donors (Lipinski definition) is 0. The number of nitrogens with zero attached hydrogens (tertiary/aromatic N) is 2. The molecule has 0 aliphatic carbocycles. The number of hydrogen-bond acceptors (Lipinski definition) is 2. The smallest absolute Gasteiger partial charge is 0.223 e. The van der Waals surface area contributed by atoms with Gasteiger partial charge in [-0.3, -0.25) is 9.78 Å². The van der Waals surface area contributed by atoms with Crippen LogP contribution in [0, 0.1) is 18.6 Å². The average Bonchev–Trinajstić information content (AvgIpc) is 2.70. The molecule has 0 saturated carbocycles. The first-order chi connectivity index (χ1) is 13.5. The minimum atomic E-state index is -0.892. The van der Waals surface area contributed by atoms with Gasteiger partial charge in [-0.2, -0.15) is 0 Å². The third-order valence-corrected chi connectivity index (χ3v) is 4.68. The topological polar surface area (TPSA) is 33.2 Å². The number of rotatable bonds is 7. The Kier molecular flexibility index (Phi) is 6.48. The van der Waals surface area contributed by atoms with Crippen molar-refractivity contribution in [1.82, 2.24) is 9.88 Å². The molecule has 0 bridgehead atoms. The number of carbonyl (C=O) groups excluding carboxylic acids is 1. The molecule has 5 heteroatoms. The van der Waals surface area contributed by atoms with Crippen molar-refractivity contribution in [1.29, 1.82) is 0 Å². The molecular weight excluding hydrogens is 358 g/mol. The summed E-state index contributed by atoms with van der Waals surface area (Å²) < 4.78 is 26.5. The van der Waals surface area contributed by atoms with Gasteiger partial charge in [-0.25, -0.2) is 8.78 Å². The lowest BCUT2D eigenvalue weighted by molar-refractivity contribution is -0.132. The van der Waals surface area contributed by atoms with E-state index < -0.39 is 11.6 Å². The van der Waals surface area contributed by atoms with Gasteiger partial charge in [-0.15, -0.1) is 0 Å². The molecule has 1 heterocycles. The molecule has 1 amide bonds. The SMILES string of the molecule is Cc1ccccc1CN(Cc1cccnc1)C(=O)CCc1ccc(F)c(F)c1. The molecule has 3 rings (SSSR count). The summed E-state index contributed by atoms with van der Waals surface area (Å²) in [5.41, 5.74) is 3.74. The normalized spacial score (nSPS) is 10.7. The average molecular weight is 380 g/mol. The van der Waals surface area contributed by atoms with E-state index in [4.69, 9.17) is 0 Å². The molecule has 0 saturated heterocycles. The zero-order chi connectivity index (χ0) is 19.9. The highest BCUT2D eigenvalue weighted by molar-refractivity contribution is 5.76. The van der Waals surface area contributed by atoms with Gasteiger partial charge in [0.15, 0.2) is 11.6 Å². The van der Waals surface area contributed by atoms with Crippen LogP contribution in [0.4, 0.5) is 8.78 Å². The van der Waals surface area contributed by atoms with Gasteiger partial charge in [-0.05, 0) is 53.8 Å². The van der Waals surface area contributed by atoms with Crippen LogP contribution in [0.3, 0.4) is 0 Å². The lowest BCUT2D eigenvalue weighted by Crippen LogP contribution is -2.30. The quantitative estimate of drug-likeness (QED) is 0.588.